The highest BCUT2D eigenvalue weighted by Gasteiger charge is 2.43. The molecule has 1 heterocycles. The van der Waals surface area contributed by atoms with Crippen molar-refractivity contribution in [3.05, 3.63) is 0 Å². The van der Waals surface area contributed by atoms with Crippen LogP contribution in [-0.2, 0) is 14.6 Å². The quantitative estimate of drug-likeness (QED) is 0.777. The average Bonchev–Trinajstić information content (AvgIpc) is 2.56. The van der Waals surface area contributed by atoms with E-state index in [2.05, 4.69) is 26.1 Å². The van der Waals surface area contributed by atoms with E-state index < -0.39 is 14.6 Å². The SMILES string of the molecule is CCCC1NC(CC(C)C)N(CC(C)(C)S(C)(=O)=O)C1=O. The predicted octanol–water partition coefficient (Wildman–Crippen LogP) is 1.78. The van der Waals surface area contributed by atoms with Gasteiger partial charge in [-0.25, -0.2) is 8.42 Å². The van der Waals surface area contributed by atoms with Gasteiger partial charge in [-0.3, -0.25) is 10.1 Å². The van der Waals surface area contributed by atoms with Crippen molar-refractivity contribution in [2.75, 3.05) is 12.8 Å². The molecule has 1 aliphatic rings. The van der Waals surface area contributed by atoms with Gasteiger partial charge in [-0.15, -0.1) is 0 Å². The van der Waals surface area contributed by atoms with Gasteiger partial charge in [0, 0.05) is 12.8 Å². The van der Waals surface area contributed by atoms with E-state index in [0.717, 1.165) is 19.3 Å². The van der Waals surface area contributed by atoms with Gasteiger partial charge >= 0.3 is 0 Å². The number of sulfone groups is 1. The summed E-state index contributed by atoms with van der Waals surface area (Å²) in [5.41, 5.74) is 0. The van der Waals surface area contributed by atoms with Gasteiger partial charge in [0.2, 0.25) is 5.91 Å². The number of rotatable bonds is 7. The number of nitrogens with one attached hydrogen (secondary N) is 1. The van der Waals surface area contributed by atoms with Crippen LogP contribution in [-0.4, -0.2) is 49.0 Å². The number of amides is 1. The van der Waals surface area contributed by atoms with Gasteiger partial charge in [-0.1, -0.05) is 27.2 Å². The second kappa shape index (κ2) is 6.65. The van der Waals surface area contributed by atoms with E-state index >= 15 is 0 Å². The number of carbonyl (C=O) groups excluding carboxylic acids is 1. The van der Waals surface area contributed by atoms with Crippen molar-refractivity contribution < 1.29 is 13.2 Å². The van der Waals surface area contributed by atoms with Crippen LogP contribution in [0, 0.1) is 5.92 Å². The molecule has 0 saturated carbocycles. The zero-order chi connectivity index (χ0) is 16.4. The number of hydrogen-bond acceptors (Lipinski definition) is 4. The minimum atomic E-state index is -3.22. The molecule has 1 N–H and O–H groups in total. The van der Waals surface area contributed by atoms with E-state index in [-0.39, 0.29) is 24.7 Å². The molecule has 0 radical (unpaired) electrons. The lowest BCUT2D eigenvalue weighted by atomic mass is 10.1. The Bertz CT molecular complexity index is 471. The number of hydrogen-bond donors (Lipinski definition) is 1. The van der Waals surface area contributed by atoms with E-state index in [1.165, 1.54) is 6.26 Å². The van der Waals surface area contributed by atoms with Crippen molar-refractivity contribution in [1.29, 1.82) is 0 Å². The summed E-state index contributed by atoms with van der Waals surface area (Å²) in [5, 5.41) is 3.38. The zero-order valence-electron chi connectivity index (χ0n) is 14.1. The van der Waals surface area contributed by atoms with E-state index in [1.807, 2.05) is 0 Å². The van der Waals surface area contributed by atoms with Crippen LogP contribution >= 0.6 is 0 Å². The van der Waals surface area contributed by atoms with Crippen molar-refractivity contribution in [2.24, 2.45) is 5.92 Å². The van der Waals surface area contributed by atoms with Crippen molar-refractivity contribution in [1.82, 2.24) is 10.2 Å². The van der Waals surface area contributed by atoms with Gasteiger partial charge in [0.05, 0.1) is 17.0 Å². The van der Waals surface area contributed by atoms with E-state index in [4.69, 9.17) is 0 Å². The maximum absolute atomic E-state index is 12.6. The van der Waals surface area contributed by atoms with Gasteiger partial charge < -0.3 is 4.90 Å². The first-order chi connectivity index (χ1) is 9.49. The van der Waals surface area contributed by atoms with Crippen LogP contribution in [0.25, 0.3) is 0 Å². The fraction of sp³-hybridized carbons (Fsp3) is 0.933. The molecule has 124 valence electrons. The summed E-state index contributed by atoms with van der Waals surface area (Å²) in [6.07, 6.45) is 3.74. The molecule has 1 rings (SSSR count). The zero-order valence-corrected chi connectivity index (χ0v) is 15.0. The Morgan fingerprint density at radius 3 is 2.33 bits per heavy atom. The monoisotopic (exact) mass is 318 g/mol. The summed E-state index contributed by atoms with van der Waals surface area (Å²) in [6, 6.07) is -0.172. The largest absolute Gasteiger partial charge is 0.324 e. The summed E-state index contributed by atoms with van der Waals surface area (Å²) in [4.78, 5) is 14.3. The third-order valence-corrected chi connectivity index (χ3v) is 6.31. The van der Waals surface area contributed by atoms with Gasteiger partial charge in [0.1, 0.15) is 0 Å². The standard InChI is InChI=1S/C15H30N2O3S/c1-7-8-12-14(18)17(13(16-12)9-11(2)3)10-15(4,5)21(6,19)20/h11-13,16H,7-10H2,1-6H3. The molecule has 1 saturated heterocycles. The molecule has 0 aromatic heterocycles. The highest BCUT2D eigenvalue weighted by molar-refractivity contribution is 7.92. The van der Waals surface area contributed by atoms with Gasteiger partial charge in [-0.05, 0) is 32.6 Å². The van der Waals surface area contributed by atoms with Gasteiger partial charge in [-0.2, -0.15) is 0 Å². The van der Waals surface area contributed by atoms with E-state index in [1.54, 1.807) is 18.7 Å². The lowest BCUT2D eigenvalue weighted by molar-refractivity contribution is -0.130. The molecule has 2 atom stereocenters. The van der Waals surface area contributed by atoms with Crippen LogP contribution in [0.1, 0.15) is 53.9 Å². The Hall–Kier alpha value is -0.620. The van der Waals surface area contributed by atoms with Gasteiger partial charge in [0.25, 0.3) is 0 Å². The second-order valence-electron chi connectivity index (χ2n) is 7.15. The molecule has 1 aliphatic heterocycles. The summed E-state index contributed by atoms with van der Waals surface area (Å²) < 4.78 is 22.9. The third-order valence-electron chi connectivity index (χ3n) is 4.18. The molecule has 1 amide bonds. The number of carbonyl (C=O) groups is 1. The third kappa shape index (κ3) is 4.42. The minimum Gasteiger partial charge on any atom is -0.324 e. The van der Waals surface area contributed by atoms with Crippen LogP contribution in [0.3, 0.4) is 0 Å². The fourth-order valence-electron chi connectivity index (χ4n) is 2.60. The molecule has 1 fully saturated rings. The molecule has 21 heavy (non-hydrogen) atoms. The minimum absolute atomic E-state index is 0.0409. The molecular weight excluding hydrogens is 288 g/mol. The summed E-state index contributed by atoms with van der Waals surface area (Å²) in [6.45, 7) is 9.90. The van der Waals surface area contributed by atoms with Crippen molar-refractivity contribution >= 4 is 15.7 Å². The Balaban J connectivity index is 2.96. The number of nitrogens with zero attached hydrogens (tertiary/aromatic N) is 1. The molecule has 2 unspecified atom stereocenters. The lowest BCUT2D eigenvalue weighted by Gasteiger charge is -2.33. The molecule has 0 spiro atoms. The van der Waals surface area contributed by atoms with Crippen molar-refractivity contribution in [3.63, 3.8) is 0 Å². The fourth-order valence-corrected chi connectivity index (χ4v) is 2.97. The van der Waals surface area contributed by atoms with Crippen molar-refractivity contribution in [2.45, 2.75) is 70.8 Å². The van der Waals surface area contributed by atoms with E-state index in [9.17, 15) is 13.2 Å². The molecule has 0 aliphatic carbocycles. The first-order valence-corrected chi connectivity index (χ1v) is 9.65. The molecule has 6 heteroatoms. The molecule has 0 aromatic rings. The maximum Gasteiger partial charge on any atom is 0.241 e. The second-order valence-corrected chi connectivity index (χ2v) is 9.80. The predicted molar refractivity (Wildman–Crippen MR) is 85.7 cm³/mol. The molecule has 0 aromatic carbocycles. The summed E-state index contributed by atoms with van der Waals surface area (Å²) >= 11 is 0. The van der Waals surface area contributed by atoms with Crippen LogP contribution in [0.15, 0.2) is 0 Å². The summed E-state index contributed by atoms with van der Waals surface area (Å²) in [7, 11) is -3.22. The smallest absolute Gasteiger partial charge is 0.241 e. The van der Waals surface area contributed by atoms with Crippen LogP contribution in [0.2, 0.25) is 0 Å². The van der Waals surface area contributed by atoms with E-state index in [0.29, 0.717) is 5.92 Å². The Kier molecular flexibility index (Phi) is 5.83. The van der Waals surface area contributed by atoms with Crippen LogP contribution in [0.5, 0.6) is 0 Å². The summed E-state index contributed by atoms with van der Waals surface area (Å²) in [5.74, 6) is 0.485. The average molecular weight is 318 g/mol. The van der Waals surface area contributed by atoms with Crippen LogP contribution < -0.4 is 5.32 Å². The first-order valence-electron chi connectivity index (χ1n) is 7.75. The lowest BCUT2D eigenvalue weighted by Crippen LogP contribution is -2.49. The maximum atomic E-state index is 12.6. The van der Waals surface area contributed by atoms with Crippen molar-refractivity contribution in [3.8, 4) is 0 Å². The molecule has 0 bridgehead atoms. The highest BCUT2D eigenvalue weighted by Crippen LogP contribution is 2.25. The first kappa shape index (κ1) is 18.4. The Labute approximate surface area is 129 Å². The van der Waals surface area contributed by atoms with Crippen LogP contribution in [0.4, 0.5) is 0 Å². The topological polar surface area (TPSA) is 66.5 Å². The molecular formula is C15H30N2O3S. The Morgan fingerprint density at radius 1 is 1.33 bits per heavy atom. The normalized spacial score (nSPS) is 24.1. The highest BCUT2D eigenvalue weighted by atomic mass is 32.2. The molecule has 5 nitrogen and oxygen atoms in total. The Morgan fingerprint density at radius 2 is 1.90 bits per heavy atom. The van der Waals surface area contributed by atoms with Gasteiger partial charge in [0.15, 0.2) is 9.84 Å².